The molecular formula is C13H29N. The van der Waals surface area contributed by atoms with E-state index >= 15 is 0 Å². The fourth-order valence-corrected chi connectivity index (χ4v) is 1.39. The minimum absolute atomic E-state index is 0.413. The topological polar surface area (TPSA) is 3.24 Å². The molecule has 0 aromatic carbocycles. The summed E-state index contributed by atoms with van der Waals surface area (Å²) in [7, 11) is 0. The first-order valence-electron chi connectivity index (χ1n) is 5.86. The molecule has 0 saturated carbocycles. The van der Waals surface area contributed by atoms with Gasteiger partial charge >= 0.3 is 0 Å². The first kappa shape index (κ1) is 14.0. The van der Waals surface area contributed by atoms with Gasteiger partial charge in [0.25, 0.3) is 0 Å². The predicted molar refractivity (Wildman–Crippen MR) is 65.7 cm³/mol. The summed E-state index contributed by atoms with van der Waals surface area (Å²) in [5.74, 6) is 0. The number of rotatable bonds is 0. The van der Waals surface area contributed by atoms with Crippen LogP contribution in [-0.2, 0) is 0 Å². The molecule has 0 aromatic rings. The van der Waals surface area contributed by atoms with Crippen LogP contribution in [-0.4, -0.2) is 23.5 Å². The van der Waals surface area contributed by atoms with Gasteiger partial charge < -0.3 is 0 Å². The molecular weight excluding hydrogens is 170 g/mol. The summed E-state index contributed by atoms with van der Waals surface area (Å²) in [5.41, 5.74) is 0.913. The molecule has 0 bridgehead atoms. The summed E-state index contributed by atoms with van der Waals surface area (Å²) in [6.45, 7) is 18.2. The highest BCUT2D eigenvalue weighted by Gasteiger charge is 2.23. The number of hydrogen-bond acceptors (Lipinski definition) is 1. The molecule has 1 heteroatoms. The molecule has 0 radical (unpaired) electrons. The molecule has 0 unspecified atom stereocenters. The lowest BCUT2D eigenvalue weighted by Gasteiger charge is -2.31. The van der Waals surface area contributed by atoms with Gasteiger partial charge in [-0.15, -0.1) is 0 Å². The molecule has 0 spiro atoms. The quantitative estimate of drug-likeness (QED) is 0.571. The van der Waals surface area contributed by atoms with Gasteiger partial charge in [-0.25, -0.2) is 0 Å². The standard InChI is InChI=1S/C8H17N.C5H12/c1-8(2,3)9-6-4-5-7-9;1-5(2,3)4/h4-7H2,1-3H3;1-4H3. The monoisotopic (exact) mass is 199 g/mol. The van der Waals surface area contributed by atoms with Crippen molar-refractivity contribution >= 4 is 0 Å². The summed E-state index contributed by atoms with van der Waals surface area (Å²) in [6, 6.07) is 0. The van der Waals surface area contributed by atoms with Crippen LogP contribution in [0.15, 0.2) is 0 Å². The van der Waals surface area contributed by atoms with Gasteiger partial charge in [0.2, 0.25) is 0 Å². The van der Waals surface area contributed by atoms with Crippen LogP contribution in [0.3, 0.4) is 0 Å². The van der Waals surface area contributed by atoms with Crippen LogP contribution in [0.5, 0.6) is 0 Å². The lowest BCUT2D eigenvalue weighted by Crippen LogP contribution is -2.38. The Kier molecular flexibility index (Phi) is 5.14. The van der Waals surface area contributed by atoms with Gasteiger partial charge in [0.1, 0.15) is 0 Å². The maximum absolute atomic E-state index is 2.55. The Balaban J connectivity index is 0.000000292. The molecule has 1 fully saturated rings. The first-order valence-corrected chi connectivity index (χ1v) is 5.86. The van der Waals surface area contributed by atoms with E-state index in [4.69, 9.17) is 0 Å². The molecule has 0 aliphatic carbocycles. The largest absolute Gasteiger partial charge is 0.298 e. The molecule has 0 N–H and O–H groups in total. The van der Waals surface area contributed by atoms with Crippen LogP contribution in [0, 0.1) is 5.41 Å². The normalized spacial score (nSPS) is 19.1. The summed E-state index contributed by atoms with van der Waals surface area (Å²) >= 11 is 0. The maximum atomic E-state index is 2.55. The average molecular weight is 199 g/mol. The van der Waals surface area contributed by atoms with Crippen LogP contribution in [0.4, 0.5) is 0 Å². The van der Waals surface area contributed by atoms with Crippen molar-refractivity contribution in [2.45, 2.75) is 66.8 Å². The van der Waals surface area contributed by atoms with Crippen LogP contribution in [0.25, 0.3) is 0 Å². The van der Waals surface area contributed by atoms with E-state index in [2.05, 4.69) is 53.4 Å². The highest BCUT2D eigenvalue weighted by Crippen LogP contribution is 2.19. The Morgan fingerprint density at radius 3 is 1.14 bits per heavy atom. The van der Waals surface area contributed by atoms with Gasteiger partial charge in [-0.1, -0.05) is 27.7 Å². The minimum Gasteiger partial charge on any atom is -0.298 e. The summed E-state index contributed by atoms with van der Waals surface area (Å²) < 4.78 is 0. The summed E-state index contributed by atoms with van der Waals surface area (Å²) in [4.78, 5) is 2.55. The average Bonchev–Trinajstić information content (AvgIpc) is 2.28. The van der Waals surface area contributed by atoms with Crippen molar-refractivity contribution in [1.29, 1.82) is 0 Å². The zero-order chi connectivity index (χ0) is 11.4. The predicted octanol–water partition coefficient (Wildman–Crippen LogP) is 3.93. The van der Waals surface area contributed by atoms with Crippen molar-refractivity contribution in [2.24, 2.45) is 5.41 Å². The van der Waals surface area contributed by atoms with Gasteiger partial charge in [-0.05, 0) is 52.1 Å². The van der Waals surface area contributed by atoms with E-state index in [0.717, 1.165) is 0 Å². The molecule has 0 amide bonds. The van der Waals surface area contributed by atoms with Gasteiger partial charge in [-0.2, -0.15) is 0 Å². The van der Waals surface area contributed by atoms with Crippen LogP contribution < -0.4 is 0 Å². The van der Waals surface area contributed by atoms with E-state index < -0.39 is 0 Å². The van der Waals surface area contributed by atoms with Crippen molar-refractivity contribution in [3.8, 4) is 0 Å². The zero-order valence-corrected chi connectivity index (χ0v) is 11.3. The smallest absolute Gasteiger partial charge is 0.0125 e. The number of likely N-dealkylation sites (tertiary alicyclic amines) is 1. The third-order valence-electron chi connectivity index (χ3n) is 2.05. The second-order valence-electron chi connectivity index (χ2n) is 6.86. The van der Waals surface area contributed by atoms with Crippen molar-refractivity contribution in [3.05, 3.63) is 0 Å². The third kappa shape index (κ3) is 8.55. The van der Waals surface area contributed by atoms with Gasteiger partial charge in [0.15, 0.2) is 0 Å². The second-order valence-corrected chi connectivity index (χ2v) is 6.86. The second kappa shape index (κ2) is 5.16. The number of nitrogens with zero attached hydrogens (tertiary/aromatic N) is 1. The first-order chi connectivity index (χ1) is 6.11. The van der Waals surface area contributed by atoms with E-state index in [0.29, 0.717) is 11.0 Å². The molecule has 0 aromatic heterocycles. The Labute approximate surface area is 90.9 Å². The van der Waals surface area contributed by atoms with Gasteiger partial charge in [-0.3, -0.25) is 4.90 Å². The zero-order valence-electron chi connectivity index (χ0n) is 11.3. The maximum Gasteiger partial charge on any atom is 0.0125 e. The number of hydrogen-bond donors (Lipinski definition) is 0. The fraction of sp³-hybridized carbons (Fsp3) is 1.00. The van der Waals surface area contributed by atoms with Crippen LogP contribution in [0.1, 0.15) is 61.3 Å². The molecule has 0 atom stereocenters. The van der Waals surface area contributed by atoms with Crippen molar-refractivity contribution in [3.63, 3.8) is 0 Å². The highest BCUT2D eigenvalue weighted by atomic mass is 15.2. The van der Waals surface area contributed by atoms with E-state index in [9.17, 15) is 0 Å². The Morgan fingerprint density at radius 2 is 1.00 bits per heavy atom. The van der Waals surface area contributed by atoms with E-state index in [1.165, 1.54) is 25.9 Å². The SMILES string of the molecule is CC(C)(C)C.CC(C)(C)N1CCCC1. The molecule has 1 nitrogen and oxygen atoms in total. The summed E-state index contributed by atoms with van der Waals surface area (Å²) in [6.07, 6.45) is 2.80. The molecule has 86 valence electrons. The van der Waals surface area contributed by atoms with Crippen molar-refractivity contribution in [2.75, 3.05) is 13.1 Å². The van der Waals surface area contributed by atoms with E-state index in [1.807, 2.05) is 0 Å². The van der Waals surface area contributed by atoms with Crippen LogP contribution >= 0.6 is 0 Å². The van der Waals surface area contributed by atoms with E-state index in [1.54, 1.807) is 0 Å². The molecule has 1 aliphatic heterocycles. The van der Waals surface area contributed by atoms with Crippen molar-refractivity contribution in [1.82, 2.24) is 4.90 Å². The molecule has 1 heterocycles. The van der Waals surface area contributed by atoms with Gasteiger partial charge in [0, 0.05) is 5.54 Å². The fourth-order valence-electron chi connectivity index (χ4n) is 1.39. The molecule has 1 rings (SSSR count). The minimum atomic E-state index is 0.413. The molecule has 1 aliphatic rings. The lowest BCUT2D eigenvalue weighted by atomic mass is 10.0. The molecule has 1 saturated heterocycles. The highest BCUT2D eigenvalue weighted by molar-refractivity contribution is 4.79. The Bertz CT molecular complexity index is 136. The Morgan fingerprint density at radius 1 is 0.714 bits per heavy atom. The Hall–Kier alpha value is -0.0400. The van der Waals surface area contributed by atoms with Crippen LogP contribution in [0.2, 0.25) is 0 Å². The molecule has 14 heavy (non-hydrogen) atoms. The van der Waals surface area contributed by atoms with Gasteiger partial charge in [0.05, 0.1) is 0 Å². The third-order valence-corrected chi connectivity index (χ3v) is 2.05. The lowest BCUT2D eigenvalue weighted by molar-refractivity contribution is 0.175. The summed E-state index contributed by atoms with van der Waals surface area (Å²) in [5, 5.41) is 0. The van der Waals surface area contributed by atoms with E-state index in [-0.39, 0.29) is 0 Å². The van der Waals surface area contributed by atoms with Crippen molar-refractivity contribution < 1.29 is 0 Å².